The van der Waals surface area contributed by atoms with E-state index >= 15 is 0 Å². The molecule has 0 amide bonds. The molecular weight excluding hydrogens is 164 g/mol. The van der Waals surface area contributed by atoms with E-state index in [0.29, 0.717) is 23.3 Å². The van der Waals surface area contributed by atoms with Crippen molar-refractivity contribution in [1.82, 2.24) is 0 Å². The van der Waals surface area contributed by atoms with E-state index in [1.165, 1.54) is 13.5 Å². The summed E-state index contributed by atoms with van der Waals surface area (Å²) < 4.78 is 4.67. The summed E-state index contributed by atoms with van der Waals surface area (Å²) >= 11 is 0. The standard InChI is InChI=1S/C11H14O2/c1-7(11(12)13-2)10-6-8-3-4-9(10)5-8/h3-4,8-10H,1,5-6H2,2H3. The Balaban J connectivity index is 2.07. The topological polar surface area (TPSA) is 26.3 Å². The van der Waals surface area contributed by atoms with Crippen LogP contribution in [0, 0.1) is 17.8 Å². The molecule has 0 spiro atoms. The van der Waals surface area contributed by atoms with Gasteiger partial charge in [-0.1, -0.05) is 18.7 Å². The monoisotopic (exact) mass is 178 g/mol. The summed E-state index contributed by atoms with van der Waals surface area (Å²) in [4.78, 5) is 11.2. The van der Waals surface area contributed by atoms with Crippen molar-refractivity contribution < 1.29 is 9.53 Å². The number of ether oxygens (including phenoxy) is 1. The summed E-state index contributed by atoms with van der Waals surface area (Å²) in [5.74, 6) is 1.31. The minimum atomic E-state index is -0.244. The SMILES string of the molecule is C=C(C(=O)OC)C1CC2C=CC1C2. The summed E-state index contributed by atoms with van der Waals surface area (Å²) in [6.07, 6.45) is 6.74. The maximum Gasteiger partial charge on any atom is 0.333 e. The lowest BCUT2D eigenvalue weighted by atomic mass is 9.87. The van der Waals surface area contributed by atoms with Crippen LogP contribution in [0.2, 0.25) is 0 Å². The predicted molar refractivity (Wildman–Crippen MR) is 50.0 cm³/mol. The van der Waals surface area contributed by atoms with Crippen LogP contribution in [0.25, 0.3) is 0 Å². The molecule has 2 nitrogen and oxygen atoms in total. The van der Waals surface area contributed by atoms with Crippen LogP contribution in [-0.4, -0.2) is 13.1 Å². The van der Waals surface area contributed by atoms with Gasteiger partial charge in [-0.15, -0.1) is 0 Å². The van der Waals surface area contributed by atoms with E-state index < -0.39 is 0 Å². The van der Waals surface area contributed by atoms with Crippen molar-refractivity contribution in [3.05, 3.63) is 24.3 Å². The molecule has 0 aliphatic heterocycles. The van der Waals surface area contributed by atoms with Gasteiger partial charge in [0, 0.05) is 5.57 Å². The summed E-state index contributed by atoms with van der Waals surface area (Å²) in [5.41, 5.74) is 0.652. The largest absolute Gasteiger partial charge is 0.466 e. The molecule has 0 heterocycles. The minimum Gasteiger partial charge on any atom is -0.466 e. The highest BCUT2D eigenvalue weighted by Crippen LogP contribution is 2.46. The Hall–Kier alpha value is -1.05. The van der Waals surface area contributed by atoms with E-state index in [4.69, 9.17) is 0 Å². The molecular formula is C11H14O2. The molecule has 1 saturated carbocycles. The Morgan fingerprint density at radius 3 is 2.69 bits per heavy atom. The van der Waals surface area contributed by atoms with Crippen molar-refractivity contribution in [1.29, 1.82) is 0 Å². The molecule has 2 heteroatoms. The van der Waals surface area contributed by atoms with Crippen molar-refractivity contribution in [2.75, 3.05) is 7.11 Å². The van der Waals surface area contributed by atoms with Crippen molar-refractivity contribution in [3.8, 4) is 0 Å². The Bertz CT molecular complexity index is 278. The highest BCUT2D eigenvalue weighted by molar-refractivity contribution is 5.88. The van der Waals surface area contributed by atoms with Gasteiger partial charge in [0.2, 0.25) is 0 Å². The molecule has 0 N–H and O–H groups in total. The first-order valence-corrected chi connectivity index (χ1v) is 4.68. The fourth-order valence-corrected chi connectivity index (χ4v) is 2.46. The first kappa shape index (κ1) is 8.54. The molecule has 13 heavy (non-hydrogen) atoms. The summed E-state index contributed by atoms with van der Waals surface area (Å²) in [5, 5.41) is 0. The van der Waals surface area contributed by atoms with Crippen LogP contribution in [-0.2, 0) is 9.53 Å². The Morgan fingerprint density at radius 1 is 1.46 bits per heavy atom. The van der Waals surface area contributed by atoms with Crippen LogP contribution in [0.3, 0.4) is 0 Å². The third-order valence-electron chi connectivity index (χ3n) is 3.17. The second-order valence-corrected chi connectivity index (χ2v) is 3.90. The van der Waals surface area contributed by atoms with Crippen LogP contribution in [0.5, 0.6) is 0 Å². The van der Waals surface area contributed by atoms with E-state index in [-0.39, 0.29) is 5.97 Å². The van der Waals surface area contributed by atoms with Gasteiger partial charge in [-0.3, -0.25) is 0 Å². The second-order valence-electron chi connectivity index (χ2n) is 3.90. The number of carbonyl (C=O) groups is 1. The number of carbonyl (C=O) groups excluding carboxylic acids is 1. The quantitative estimate of drug-likeness (QED) is 0.367. The third kappa shape index (κ3) is 1.30. The van der Waals surface area contributed by atoms with Gasteiger partial charge in [-0.25, -0.2) is 4.79 Å². The highest BCUT2D eigenvalue weighted by atomic mass is 16.5. The maximum atomic E-state index is 11.2. The van der Waals surface area contributed by atoms with E-state index in [1.54, 1.807) is 0 Å². The van der Waals surface area contributed by atoms with Gasteiger partial charge in [-0.05, 0) is 30.6 Å². The van der Waals surface area contributed by atoms with Crippen LogP contribution in [0.15, 0.2) is 24.3 Å². The van der Waals surface area contributed by atoms with Gasteiger partial charge in [0.05, 0.1) is 7.11 Å². The van der Waals surface area contributed by atoms with Crippen molar-refractivity contribution in [2.24, 2.45) is 17.8 Å². The normalized spacial score (nSPS) is 35.0. The highest BCUT2D eigenvalue weighted by Gasteiger charge is 2.38. The van der Waals surface area contributed by atoms with E-state index in [0.717, 1.165) is 6.42 Å². The molecule has 0 saturated heterocycles. The van der Waals surface area contributed by atoms with Crippen LogP contribution in [0.4, 0.5) is 0 Å². The second kappa shape index (κ2) is 3.02. The fourth-order valence-electron chi connectivity index (χ4n) is 2.46. The molecule has 1 fully saturated rings. The van der Waals surface area contributed by atoms with Crippen molar-refractivity contribution in [2.45, 2.75) is 12.8 Å². The van der Waals surface area contributed by atoms with E-state index in [9.17, 15) is 4.79 Å². The molecule has 70 valence electrons. The van der Waals surface area contributed by atoms with E-state index in [2.05, 4.69) is 23.5 Å². The molecule has 2 aliphatic carbocycles. The van der Waals surface area contributed by atoms with Gasteiger partial charge in [0.1, 0.15) is 0 Å². The molecule has 2 aliphatic rings. The Labute approximate surface area is 78.3 Å². The smallest absolute Gasteiger partial charge is 0.333 e. The van der Waals surface area contributed by atoms with Crippen molar-refractivity contribution >= 4 is 5.97 Å². The average Bonchev–Trinajstić information content (AvgIpc) is 2.76. The molecule has 0 aromatic rings. The first-order valence-electron chi connectivity index (χ1n) is 4.68. The first-order chi connectivity index (χ1) is 6.22. The predicted octanol–water partition coefficient (Wildman–Crippen LogP) is 1.93. The molecule has 0 aromatic heterocycles. The summed E-state index contributed by atoms with van der Waals surface area (Å²) in [6.45, 7) is 3.82. The molecule has 0 aromatic carbocycles. The van der Waals surface area contributed by atoms with Gasteiger partial charge >= 0.3 is 5.97 Å². The van der Waals surface area contributed by atoms with E-state index in [1.807, 2.05) is 0 Å². The number of hydrogen-bond donors (Lipinski definition) is 0. The van der Waals surface area contributed by atoms with Gasteiger partial charge in [0.15, 0.2) is 0 Å². The lowest BCUT2D eigenvalue weighted by Crippen LogP contribution is -2.17. The number of hydrogen-bond acceptors (Lipinski definition) is 2. The summed E-state index contributed by atoms with van der Waals surface area (Å²) in [7, 11) is 1.41. The average molecular weight is 178 g/mol. The maximum absolute atomic E-state index is 11.2. The molecule has 3 unspecified atom stereocenters. The summed E-state index contributed by atoms with van der Waals surface area (Å²) in [6, 6.07) is 0. The number of allylic oxidation sites excluding steroid dienone is 2. The molecule has 0 radical (unpaired) electrons. The Kier molecular flexibility index (Phi) is 1.98. The zero-order chi connectivity index (χ0) is 9.42. The lowest BCUT2D eigenvalue weighted by Gasteiger charge is -2.18. The molecule has 3 atom stereocenters. The van der Waals surface area contributed by atoms with Gasteiger partial charge in [-0.2, -0.15) is 0 Å². The van der Waals surface area contributed by atoms with Crippen LogP contribution in [0.1, 0.15) is 12.8 Å². The fraction of sp³-hybridized carbons (Fsp3) is 0.545. The number of methoxy groups -OCH3 is 1. The number of esters is 1. The Morgan fingerprint density at radius 2 is 2.23 bits per heavy atom. The van der Waals surface area contributed by atoms with Gasteiger partial charge in [0.25, 0.3) is 0 Å². The minimum absolute atomic E-state index is 0.244. The zero-order valence-electron chi connectivity index (χ0n) is 7.82. The molecule has 2 rings (SSSR count). The lowest BCUT2D eigenvalue weighted by molar-refractivity contribution is -0.136. The van der Waals surface area contributed by atoms with Crippen LogP contribution < -0.4 is 0 Å². The molecule has 2 bridgehead atoms. The van der Waals surface area contributed by atoms with Gasteiger partial charge < -0.3 is 4.74 Å². The van der Waals surface area contributed by atoms with Crippen LogP contribution >= 0.6 is 0 Å². The zero-order valence-corrected chi connectivity index (χ0v) is 7.82. The number of fused-ring (bicyclic) bond motifs is 2. The van der Waals surface area contributed by atoms with Crippen molar-refractivity contribution in [3.63, 3.8) is 0 Å². The number of rotatable bonds is 2. The third-order valence-corrected chi connectivity index (χ3v) is 3.17.